The molecule has 1 heterocycles. The number of thiazole rings is 1. The lowest BCUT2D eigenvalue weighted by Crippen LogP contribution is -1.84. The standard InChI is InChI=1S/C10H11NS2/c1-7-11-9-3-2-8(4-5-12)6-10(9)13-7/h2-3,6,12H,4-5H2,1H3. The summed E-state index contributed by atoms with van der Waals surface area (Å²) in [6, 6.07) is 6.45. The van der Waals surface area contributed by atoms with Gasteiger partial charge in [-0.3, -0.25) is 0 Å². The van der Waals surface area contributed by atoms with Crippen molar-refractivity contribution in [1.82, 2.24) is 4.98 Å². The lowest BCUT2D eigenvalue weighted by atomic mass is 10.2. The number of nitrogens with zero attached hydrogens (tertiary/aromatic N) is 1. The van der Waals surface area contributed by atoms with Gasteiger partial charge in [-0.1, -0.05) is 6.07 Å². The van der Waals surface area contributed by atoms with Gasteiger partial charge in [-0.2, -0.15) is 12.6 Å². The highest BCUT2D eigenvalue weighted by Gasteiger charge is 2.00. The number of hydrogen-bond acceptors (Lipinski definition) is 3. The third-order valence-corrected chi connectivity index (χ3v) is 3.12. The smallest absolute Gasteiger partial charge is 0.0907 e. The average molecular weight is 209 g/mol. The zero-order valence-corrected chi connectivity index (χ0v) is 9.16. The summed E-state index contributed by atoms with van der Waals surface area (Å²) in [6.45, 7) is 2.04. The molecule has 2 aromatic rings. The second-order valence-electron chi connectivity index (χ2n) is 3.01. The first-order valence-electron chi connectivity index (χ1n) is 4.26. The number of aryl methyl sites for hydroxylation is 2. The number of benzene rings is 1. The highest BCUT2D eigenvalue weighted by atomic mass is 32.1. The van der Waals surface area contributed by atoms with Crippen LogP contribution >= 0.6 is 24.0 Å². The van der Waals surface area contributed by atoms with Crippen LogP contribution in [0.1, 0.15) is 10.6 Å². The molecular formula is C10H11NS2. The maximum absolute atomic E-state index is 4.41. The fraction of sp³-hybridized carbons (Fsp3) is 0.300. The molecule has 1 aromatic heterocycles. The molecule has 0 atom stereocenters. The van der Waals surface area contributed by atoms with Crippen LogP contribution in [-0.4, -0.2) is 10.7 Å². The second kappa shape index (κ2) is 3.68. The van der Waals surface area contributed by atoms with Gasteiger partial charge in [0.25, 0.3) is 0 Å². The highest BCUT2D eigenvalue weighted by Crippen LogP contribution is 2.22. The Labute approximate surface area is 87.2 Å². The molecule has 3 heteroatoms. The van der Waals surface area contributed by atoms with Gasteiger partial charge in [0.1, 0.15) is 0 Å². The molecule has 0 bridgehead atoms. The predicted molar refractivity (Wildman–Crippen MR) is 61.9 cm³/mol. The minimum Gasteiger partial charge on any atom is -0.242 e. The van der Waals surface area contributed by atoms with E-state index < -0.39 is 0 Å². The van der Waals surface area contributed by atoms with Crippen molar-refractivity contribution < 1.29 is 0 Å². The molecule has 0 aliphatic heterocycles. The Kier molecular flexibility index (Phi) is 2.56. The Hall–Kier alpha value is -0.540. The van der Waals surface area contributed by atoms with Gasteiger partial charge in [-0.15, -0.1) is 11.3 Å². The summed E-state index contributed by atoms with van der Waals surface area (Å²) < 4.78 is 1.29. The molecule has 0 radical (unpaired) electrons. The first-order chi connectivity index (χ1) is 6.29. The van der Waals surface area contributed by atoms with Crippen LogP contribution in [0, 0.1) is 6.92 Å². The Bertz CT molecular complexity index is 420. The lowest BCUT2D eigenvalue weighted by molar-refractivity contribution is 1.17. The predicted octanol–water partition coefficient (Wildman–Crippen LogP) is 3.08. The van der Waals surface area contributed by atoms with Gasteiger partial charge in [0.05, 0.1) is 15.2 Å². The molecule has 0 aliphatic carbocycles. The van der Waals surface area contributed by atoms with Gasteiger partial charge in [-0.25, -0.2) is 4.98 Å². The van der Waals surface area contributed by atoms with E-state index in [9.17, 15) is 0 Å². The maximum atomic E-state index is 4.41. The van der Waals surface area contributed by atoms with Crippen LogP contribution in [-0.2, 0) is 6.42 Å². The summed E-state index contributed by atoms with van der Waals surface area (Å²) in [5, 5.41) is 1.14. The number of rotatable bonds is 2. The summed E-state index contributed by atoms with van der Waals surface area (Å²) in [5.74, 6) is 0.906. The number of hydrogen-bond donors (Lipinski definition) is 1. The molecule has 0 aliphatic rings. The summed E-state index contributed by atoms with van der Waals surface area (Å²) in [6.07, 6.45) is 1.04. The SMILES string of the molecule is Cc1nc2ccc(CCS)cc2s1. The van der Waals surface area contributed by atoms with E-state index in [1.165, 1.54) is 10.3 Å². The summed E-state index contributed by atoms with van der Waals surface area (Å²) in [5.41, 5.74) is 2.47. The Morgan fingerprint density at radius 1 is 1.46 bits per heavy atom. The van der Waals surface area contributed by atoms with Crippen molar-refractivity contribution in [3.05, 3.63) is 28.8 Å². The van der Waals surface area contributed by atoms with Crippen molar-refractivity contribution in [1.29, 1.82) is 0 Å². The van der Waals surface area contributed by atoms with Crippen LogP contribution in [0.15, 0.2) is 18.2 Å². The molecule has 0 saturated carbocycles. The summed E-state index contributed by atoms with van der Waals surface area (Å²) >= 11 is 5.98. The first kappa shape index (κ1) is 9.03. The van der Waals surface area contributed by atoms with Gasteiger partial charge in [0.2, 0.25) is 0 Å². The van der Waals surface area contributed by atoms with Crippen LogP contribution in [0.25, 0.3) is 10.2 Å². The van der Waals surface area contributed by atoms with Crippen LogP contribution in [0.3, 0.4) is 0 Å². The summed E-state index contributed by atoms with van der Waals surface area (Å²) in [7, 11) is 0. The Morgan fingerprint density at radius 2 is 2.31 bits per heavy atom. The van der Waals surface area contributed by atoms with Crippen molar-refractivity contribution in [2.75, 3.05) is 5.75 Å². The van der Waals surface area contributed by atoms with E-state index in [1.54, 1.807) is 11.3 Å². The third kappa shape index (κ3) is 1.86. The largest absolute Gasteiger partial charge is 0.242 e. The first-order valence-corrected chi connectivity index (χ1v) is 5.71. The van der Waals surface area contributed by atoms with Gasteiger partial charge in [-0.05, 0) is 36.8 Å². The van der Waals surface area contributed by atoms with Gasteiger partial charge in [0.15, 0.2) is 0 Å². The normalized spacial score (nSPS) is 10.9. The molecule has 0 spiro atoms. The van der Waals surface area contributed by atoms with Crippen molar-refractivity contribution in [2.45, 2.75) is 13.3 Å². The molecule has 0 N–H and O–H groups in total. The molecule has 68 valence electrons. The lowest BCUT2D eigenvalue weighted by Gasteiger charge is -1.96. The highest BCUT2D eigenvalue weighted by molar-refractivity contribution is 7.80. The van der Waals surface area contributed by atoms with Crippen molar-refractivity contribution in [3.8, 4) is 0 Å². The molecular weight excluding hydrogens is 198 g/mol. The van der Waals surface area contributed by atoms with Crippen LogP contribution in [0.2, 0.25) is 0 Å². The van der Waals surface area contributed by atoms with Crippen molar-refractivity contribution in [2.24, 2.45) is 0 Å². The fourth-order valence-corrected chi connectivity index (χ4v) is 2.52. The monoisotopic (exact) mass is 209 g/mol. The van der Waals surface area contributed by atoms with Crippen molar-refractivity contribution >= 4 is 34.2 Å². The van der Waals surface area contributed by atoms with E-state index in [2.05, 4.69) is 35.8 Å². The summed E-state index contributed by atoms with van der Waals surface area (Å²) in [4.78, 5) is 4.41. The zero-order valence-electron chi connectivity index (χ0n) is 7.45. The van der Waals surface area contributed by atoms with Crippen molar-refractivity contribution in [3.63, 3.8) is 0 Å². The Morgan fingerprint density at radius 3 is 3.08 bits per heavy atom. The van der Waals surface area contributed by atoms with E-state index in [-0.39, 0.29) is 0 Å². The molecule has 2 rings (SSSR count). The topological polar surface area (TPSA) is 12.9 Å². The van der Waals surface area contributed by atoms with E-state index in [4.69, 9.17) is 0 Å². The van der Waals surface area contributed by atoms with Crippen LogP contribution < -0.4 is 0 Å². The quantitative estimate of drug-likeness (QED) is 0.750. The third-order valence-electron chi connectivity index (χ3n) is 1.96. The van der Waals surface area contributed by atoms with E-state index in [0.717, 1.165) is 22.7 Å². The van der Waals surface area contributed by atoms with Crippen LogP contribution in [0.5, 0.6) is 0 Å². The fourth-order valence-electron chi connectivity index (χ4n) is 1.37. The molecule has 0 unspecified atom stereocenters. The minimum absolute atomic E-state index is 0.906. The van der Waals surface area contributed by atoms with E-state index in [0.29, 0.717) is 0 Å². The van der Waals surface area contributed by atoms with E-state index >= 15 is 0 Å². The van der Waals surface area contributed by atoms with Gasteiger partial charge in [0, 0.05) is 0 Å². The Balaban J connectivity index is 2.48. The van der Waals surface area contributed by atoms with Gasteiger partial charge < -0.3 is 0 Å². The van der Waals surface area contributed by atoms with Gasteiger partial charge >= 0.3 is 0 Å². The molecule has 0 amide bonds. The minimum atomic E-state index is 0.906. The number of fused-ring (bicyclic) bond motifs is 1. The molecule has 1 aromatic carbocycles. The average Bonchev–Trinajstić information content (AvgIpc) is 2.44. The van der Waals surface area contributed by atoms with E-state index in [1.807, 2.05) is 6.92 Å². The van der Waals surface area contributed by atoms with Crippen LogP contribution in [0.4, 0.5) is 0 Å². The number of aromatic nitrogens is 1. The molecule has 1 nitrogen and oxygen atoms in total. The molecule has 0 fully saturated rings. The zero-order chi connectivity index (χ0) is 9.26. The maximum Gasteiger partial charge on any atom is 0.0907 e. The second-order valence-corrected chi connectivity index (χ2v) is 4.69. The molecule has 0 saturated heterocycles. The number of thiol groups is 1. The molecule has 13 heavy (non-hydrogen) atoms.